The van der Waals surface area contributed by atoms with Crippen LogP contribution in [0.3, 0.4) is 0 Å². The van der Waals surface area contributed by atoms with Crippen LogP contribution in [0, 0.1) is 0 Å². The molecule has 116 valence electrons. The zero-order valence-corrected chi connectivity index (χ0v) is 11.5. The Labute approximate surface area is 127 Å². The maximum Gasteiger partial charge on any atom is 0.342 e. The highest BCUT2D eigenvalue weighted by molar-refractivity contribution is 6.11. The van der Waals surface area contributed by atoms with E-state index in [1.54, 1.807) is 18.2 Å². The number of anilines is 1. The van der Waals surface area contributed by atoms with E-state index in [9.17, 15) is 24.6 Å². The van der Waals surface area contributed by atoms with Crippen molar-refractivity contribution in [2.45, 2.75) is 0 Å². The molecule has 23 heavy (non-hydrogen) atoms. The SMILES string of the molecule is Nc1[nH]c(=O)c(C(=O)O)c(-c2cccc3occc23)c1C(=O)O. The number of aromatic carboxylic acids is 2. The number of nitrogens with one attached hydrogen (secondary N) is 1. The first kappa shape index (κ1) is 14.4. The molecule has 3 rings (SSSR count). The number of carboxylic acid groups (broad SMARTS) is 2. The molecule has 1 aromatic carbocycles. The third kappa shape index (κ3) is 2.13. The zero-order valence-electron chi connectivity index (χ0n) is 11.5. The van der Waals surface area contributed by atoms with Crippen LogP contribution in [0.5, 0.6) is 0 Å². The van der Waals surface area contributed by atoms with E-state index < -0.39 is 34.4 Å². The summed E-state index contributed by atoms with van der Waals surface area (Å²) in [6, 6.07) is 6.26. The number of pyridine rings is 1. The molecule has 0 aliphatic carbocycles. The molecular weight excluding hydrogens is 304 g/mol. The van der Waals surface area contributed by atoms with Gasteiger partial charge in [0.05, 0.1) is 6.26 Å². The quantitative estimate of drug-likeness (QED) is 0.576. The van der Waals surface area contributed by atoms with Gasteiger partial charge in [-0.3, -0.25) is 4.79 Å². The zero-order chi connectivity index (χ0) is 16.7. The Morgan fingerprint density at radius 1 is 1.09 bits per heavy atom. The molecule has 0 fully saturated rings. The number of rotatable bonds is 3. The lowest BCUT2D eigenvalue weighted by molar-refractivity contribution is 0.0695. The van der Waals surface area contributed by atoms with E-state index in [2.05, 4.69) is 4.98 Å². The molecule has 0 radical (unpaired) electrons. The smallest absolute Gasteiger partial charge is 0.342 e. The van der Waals surface area contributed by atoms with Crippen LogP contribution >= 0.6 is 0 Å². The van der Waals surface area contributed by atoms with Crippen LogP contribution in [-0.4, -0.2) is 27.1 Å². The van der Waals surface area contributed by atoms with Gasteiger partial charge < -0.3 is 25.3 Å². The maximum atomic E-state index is 12.0. The predicted molar refractivity (Wildman–Crippen MR) is 80.6 cm³/mol. The first-order valence-electron chi connectivity index (χ1n) is 6.40. The van der Waals surface area contributed by atoms with E-state index in [1.165, 1.54) is 12.3 Å². The summed E-state index contributed by atoms with van der Waals surface area (Å²) < 4.78 is 5.23. The number of nitrogen functional groups attached to an aromatic ring is 1. The van der Waals surface area contributed by atoms with Crippen molar-refractivity contribution >= 4 is 28.7 Å². The third-order valence-corrected chi connectivity index (χ3v) is 3.44. The Balaban J connectivity index is 2.56. The molecule has 0 saturated carbocycles. The molecule has 8 heteroatoms. The summed E-state index contributed by atoms with van der Waals surface area (Å²) in [7, 11) is 0. The lowest BCUT2D eigenvalue weighted by Gasteiger charge is -2.12. The normalized spacial score (nSPS) is 10.8. The van der Waals surface area contributed by atoms with Crippen molar-refractivity contribution in [3.8, 4) is 11.1 Å². The molecule has 0 bridgehead atoms. The highest BCUT2D eigenvalue weighted by Gasteiger charge is 2.27. The monoisotopic (exact) mass is 314 g/mol. The van der Waals surface area contributed by atoms with Crippen LogP contribution in [0.1, 0.15) is 20.7 Å². The summed E-state index contributed by atoms with van der Waals surface area (Å²) in [4.78, 5) is 37.1. The number of fused-ring (bicyclic) bond motifs is 1. The Bertz CT molecular complexity index is 1010. The van der Waals surface area contributed by atoms with Crippen LogP contribution in [0.4, 0.5) is 5.82 Å². The summed E-state index contributed by atoms with van der Waals surface area (Å²) in [5, 5.41) is 19.2. The second-order valence-corrected chi connectivity index (χ2v) is 4.74. The number of aromatic nitrogens is 1. The Hall–Kier alpha value is -3.55. The molecule has 8 nitrogen and oxygen atoms in total. The van der Waals surface area contributed by atoms with Gasteiger partial charge in [-0.1, -0.05) is 12.1 Å². The van der Waals surface area contributed by atoms with Crippen molar-refractivity contribution in [2.75, 3.05) is 5.73 Å². The van der Waals surface area contributed by atoms with Gasteiger partial charge in [-0.25, -0.2) is 9.59 Å². The van der Waals surface area contributed by atoms with Crippen molar-refractivity contribution in [3.05, 3.63) is 52.0 Å². The van der Waals surface area contributed by atoms with Crippen molar-refractivity contribution in [2.24, 2.45) is 0 Å². The number of hydrogen-bond donors (Lipinski definition) is 4. The molecule has 3 aromatic rings. The molecule has 0 atom stereocenters. The van der Waals surface area contributed by atoms with Crippen molar-refractivity contribution < 1.29 is 24.2 Å². The molecule has 0 aliphatic heterocycles. The molecule has 0 spiro atoms. The predicted octanol–water partition coefficient (Wildman–Crippen LogP) is 1.77. The summed E-state index contributed by atoms with van der Waals surface area (Å²) >= 11 is 0. The number of benzene rings is 1. The minimum atomic E-state index is -1.55. The van der Waals surface area contributed by atoms with Crippen LogP contribution in [0.2, 0.25) is 0 Å². The highest BCUT2D eigenvalue weighted by Crippen LogP contribution is 2.34. The number of nitrogens with two attached hydrogens (primary N) is 1. The Morgan fingerprint density at radius 3 is 2.43 bits per heavy atom. The number of carboxylic acids is 2. The second kappa shape index (κ2) is 5.02. The maximum absolute atomic E-state index is 12.0. The lowest BCUT2D eigenvalue weighted by Crippen LogP contribution is -2.24. The highest BCUT2D eigenvalue weighted by atomic mass is 16.4. The molecule has 0 aliphatic rings. The number of furan rings is 1. The van der Waals surface area contributed by atoms with E-state index in [1.807, 2.05) is 0 Å². The average Bonchev–Trinajstić information content (AvgIpc) is 2.93. The number of aromatic amines is 1. The van der Waals surface area contributed by atoms with E-state index in [-0.39, 0.29) is 11.1 Å². The van der Waals surface area contributed by atoms with E-state index in [0.29, 0.717) is 11.0 Å². The Morgan fingerprint density at radius 2 is 1.78 bits per heavy atom. The largest absolute Gasteiger partial charge is 0.478 e. The van der Waals surface area contributed by atoms with E-state index >= 15 is 0 Å². The first-order valence-corrected chi connectivity index (χ1v) is 6.40. The van der Waals surface area contributed by atoms with Gasteiger partial charge in [0.25, 0.3) is 5.56 Å². The molecule has 2 aromatic heterocycles. The van der Waals surface area contributed by atoms with Gasteiger partial charge >= 0.3 is 11.9 Å². The van der Waals surface area contributed by atoms with Gasteiger partial charge in [0, 0.05) is 10.9 Å². The lowest BCUT2D eigenvalue weighted by atomic mass is 9.93. The Kier molecular flexibility index (Phi) is 3.14. The van der Waals surface area contributed by atoms with Gasteiger partial charge in [0.1, 0.15) is 22.5 Å². The summed E-state index contributed by atoms with van der Waals surface area (Å²) in [5.41, 5.74) is 3.87. The van der Waals surface area contributed by atoms with E-state index in [0.717, 1.165) is 0 Å². The molecule has 0 unspecified atom stereocenters. The summed E-state index contributed by atoms with van der Waals surface area (Å²) in [5.74, 6) is -3.41. The van der Waals surface area contributed by atoms with Crippen LogP contribution in [0.25, 0.3) is 22.1 Å². The molecular formula is C15H10N2O6. The van der Waals surface area contributed by atoms with Crippen molar-refractivity contribution in [1.82, 2.24) is 4.98 Å². The molecule has 5 N–H and O–H groups in total. The minimum absolute atomic E-state index is 0.240. The van der Waals surface area contributed by atoms with Crippen molar-refractivity contribution in [3.63, 3.8) is 0 Å². The fourth-order valence-corrected chi connectivity index (χ4v) is 2.53. The number of hydrogen-bond acceptors (Lipinski definition) is 5. The fourth-order valence-electron chi connectivity index (χ4n) is 2.53. The van der Waals surface area contributed by atoms with Gasteiger partial charge in [0.2, 0.25) is 0 Å². The van der Waals surface area contributed by atoms with Gasteiger partial charge in [0.15, 0.2) is 0 Å². The van der Waals surface area contributed by atoms with Gasteiger partial charge in [-0.15, -0.1) is 0 Å². The average molecular weight is 314 g/mol. The van der Waals surface area contributed by atoms with Crippen LogP contribution in [-0.2, 0) is 0 Å². The first-order chi connectivity index (χ1) is 10.9. The second-order valence-electron chi connectivity index (χ2n) is 4.74. The number of carbonyl (C=O) groups is 2. The summed E-state index contributed by atoms with van der Waals surface area (Å²) in [6.45, 7) is 0. The van der Waals surface area contributed by atoms with E-state index in [4.69, 9.17) is 10.2 Å². The van der Waals surface area contributed by atoms with Crippen LogP contribution < -0.4 is 11.3 Å². The van der Waals surface area contributed by atoms with Gasteiger partial charge in [-0.2, -0.15) is 0 Å². The molecule has 0 amide bonds. The van der Waals surface area contributed by atoms with Gasteiger partial charge in [-0.05, 0) is 17.7 Å². The fraction of sp³-hybridized carbons (Fsp3) is 0. The minimum Gasteiger partial charge on any atom is -0.478 e. The topological polar surface area (TPSA) is 147 Å². The van der Waals surface area contributed by atoms with Crippen LogP contribution in [0.15, 0.2) is 39.7 Å². The third-order valence-electron chi connectivity index (χ3n) is 3.44. The standard InChI is InChI=1S/C15H10N2O6/c16-12-10(14(19)20)9(11(15(21)22)13(18)17-12)7-2-1-3-8-6(7)4-5-23-8/h1-5H,(H,19,20)(H,21,22)(H3,16,17,18). The molecule has 0 saturated heterocycles. The summed E-state index contributed by atoms with van der Waals surface area (Å²) in [6.07, 6.45) is 1.38. The van der Waals surface area contributed by atoms with Crippen molar-refractivity contribution in [1.29, 1.82) is 0 Å². The number of H-pyrrole nitrogens is 1. The molecule has 2 heterocycles.